The van der Waals surface area contributed by atoms with Gasteiger partial charge in [-0.1, -0.05) is 18.6 Å². The van der Waals surface area contributed by atoms with Crippen molar-refractivity contribution >= 4 is 16.8 Å². The van der Waals surface area contributed by atoms with Crippen molar-refractivity contribution in [2.24, 2.45) is 17.8 Å². The highest BCUT2D eigenvalue weighted by molar-refractivity contribution is 5.82. The molecule has 3 atom stereocenters. The van der Waals surface area contributed by atoms with Crippen LogP contribution in [-0.2, 0) is 11.3 Å². The Bertz CT molecular complexity index is 645. The third-order valence-electron chi connectivity index (χ3n) is 5.25. The summed E-state index contributed by atoms with van der Waals surface area (Å²) in [5, 5.41) is 0. The number of hydrogen-bond donors (Lipinski definition) is 0. The summed E-state index contributed by atoms with van der Waals surface area (Å²) in [6.07, 6.45) is 8.00. The van der Waals surface area contributed by atoms with Crippen molar-refractivity contribution in [3.8, 4) is 0 Å². The molecule has 3 heteroatoms. The lowest BCUT2D eigenvalue weighted by Crippen LogP contribution is -2.18. The summed E-state index contributed by atoms with van der Waals surface area (Å²) in [4.78, 5) is 16.7. The third-order valence-corrected chi connectivity index (χ3v) is 5.25. The van der Waals surface area contributed by atoms with Gasteiger partial charge in [-0.05, 0) is 49.1 Å². The number of aromatic nitrogens is 2. The molecule has 4 rings (SSSR count). The Balaban J connectivity index is 1.45. The topological polar surface area (TPSA) is 34.9 Å². The van der Waals surface area contributed by atoms with Gasteiger partial charge < -0.3 is 4.57 Å². The number of Topliss-reactive ketones (excluding diaryl/α,β-unsaturated/α-hetero) is 1. The summed E-state index contributed by atoms with van der Waals surface area (Å²) in [6, 6.07) is 8.01. The van der Waals surface area contributed by atoms with E-state index in [-0.39, 0.29) is 0 Å². The first kappa shape index (κ1) is 12.1. The second-order valence-electron chi connectivity index (χ2n) is 6.54. The summed E-state index contributed by atoms with van der Waals surface area (Å²) in [5.74, 6) is 2.79. The quantitative estimate of drug-likeness (QED) is 0.851. The Labute approximate surface area is 119 Å². The first-order chi connectivity index (χ1) is 9.79. The monoisotopic (exact) mass is 268 g/mol. The molecule has 2 aliphatic carbocycles. The van der Waals surface area contributed by atoms with Crippen LogP contribution in [0.15, 0.2) is 30.6 Å². The molecule has 20 heavy (non-hydrogen) atoms. The molecule has 2 fully saturated rings. The smallest absolute Gasteiger partial charge is 0.152 e. The molecule has 0 radical (unpaired) electrons. The van der Waals surface area contributed by atoms with Crippen molar-refractivity contribution in [3.05, 3.63) is 30.6 Å². The summed E-state index contributed by atoms with van der Waals surface area (Å²) in [7, 11) is 0. The molecule has 2 saturated carbocycles. The van der Waals surface area contributed by atoms with Crippen LogP contribution >= 0.6 is 0 Å². The van der Waals surface area contributed by atoms with Gasteiger partial charge >= 0.3 is 0 Å². The molecule has 3 nitrogen and oxygen atoms in total. The summed E-state index contributed by atoms with van der Waals surface area (Å²) < 4.78 is 1.99. The van der Waals surface area contributed by atoms with Crippen molar-refractivity contribution in [1.29, 1.82) is 0 Å². The number of fused-ring (bicyclic) bond motifs is 3. The lowest BCUT2D eigenvalue weighted by Gasteiger charge is -2.20. The average Bonchev–Trinajstić information content (AvgIpc) is 3.14. The second kappa shape index (κ2) is 4.72. The molecule has 0 spiro atoms. The maximum atomic E-state index is 12.3. The molecule has 0 aliphatic heterocycles. The third kappa shape index (κ3) is 2.05. The first-order valence-electron chi connectivity index (χ1n) is 7.71. The average molecular weight is 268 g/mol. The van der Waals surface area contributed by atoms with Gasteiger partial charge in [0, 0.05) is 6.42 Å². The van der Waals surface area contributed by atoms with Crippen molar-refractivity contribution in [1.82, 2.24) is 9.55 Å². The van der Waals surface area contributed by atoms with E-state index in [0.717, 1.165) is 29.3 Å². The van der Waals surface area contributed by atoms with E-state index in [1.54, 1.807) is 6.33 Å². The summed E-state index contributed by atoms with van der Waals surface area (Å²) in [5.41, 5.74) is 2.04. The minimum absolute atomic E-state index is 0.366. The van der Waals surface area contributed by atoms with E-state index >= 15 is 0 Å². The van der Waals surface area contributed by atoms with Gasteiger partial charge in [0.05, 0.1) is 23.9 Å². The standard InChI is InChI=1S/C17H20N2O/c20-15(9-14-8-12-5-6-13(14)7-12)10-19-11-18-16-3-1-2-4-17(16)19/h1-4,11-14H,5-10H2. The van der Waals surface area contributed by atoms with Crippen LogP contribution in [0.25, 0.3) is 11.0 Å². The van der Waals surface area contributed by atoms with E-state index in [0.29, 0.717) is 18.2 Å². The van der Waals surface area contributed by atoms with Crippen molar-refractivity contribution in [3.63, 3.8) is 0 Å². The van der Waals surface area contributed by atoms with Crippen LogP contribution in [0.1, 0.15) is 32.1 Å². The minimum atomic E-state index is 0.366. The zero-order valence-electron chi connectivity index (χ0n) is 11.7. The number of hydrogen-bond acceptors (Lipinski definition) is 2. The Morgan fingerprint density at radius 1 is 1.25 bits per heavy atom. The molecule has 1 heterocycles. The highest BCUT2D eigenvalue weighted by Crippen LogP contribution is 2.49. The molecule has 1 aromatic heterocycles. The molecule has 2 bridgehead atoms. The predicted molar refractivity (Wildman–Crippen MR) is 78.3 cm³/mol. The van der Waals surface area contributed by atoms with Gasteiger partial charge in [-0.25, -0.2) is 4.98 Å². The molecular weight excluding hydrogens is 248 g/mol. The van der Waals surface area contributed by atoms with Gasteiger partial charge in [0.25, 0.3) is 0 Å². The first-order valence-corrected chi connectivity index (χ1v) is 7.71. The van der Waals surface area contributed by atoms with Crippen LogP contribution in [0.4, 0.5) is 0 Å². The van der Waals surface area contributed by atoms with E-state index in [1.807, 2.05) is 28.8 Å². The largest absolute Gasteiger partial charge is 0.323 e. The number of rotatable bonds is 4. The van der Waals surface area contributed by atoms with Crippen molar-refractivity contribution < 1.29 is 4.79 Å². The molecule has 1 aromatic carbocycles. The fourth-order valence-corrected chi connectivity index (χ4v) is 4.31. The molecular formula is C17H20N2O. The van der Waals surface area contributed by atoms with E-state index < -0.39 is 0 Å². The molecule has 0 saturated heterocycles. The number of para-hydroxylation sites is 2. The Morgan fingerprint density at radius 2 is 2.15 bits per heavy atom. The molecule has 3 unspecified atom stereocenters. The lowest BCUT2D eigenvalue weighted by molar-refractivity contribution is -0.120. The Hall–Kier alpha value is -1.64. The Morgan fingerprint density at radius 3 is 2.95 bits per heavy atom. The molecule has 0 amide bonds. The van der Waals surface area contributed by atoms with Gasteiger partial charge in [-0.3, -0.25) is 4.79 Å². The van der Waals surface area contributed by atoms with E-state index in [4.69, 9.17) is 0 Å². The lowest BCUT2D eigenvalue weighted by atomic mass is 9.85. The number of imidazole rings is 1. The van der Waals surface area contributed by atoms with E-state index in [9.17, 15) is 4.79 Å². The second-order valence-corrected chi connectivity index (χ2v) is 6.54. The highest BCUT2D eigenvalue weighted by atomic mass is 16.1. The van der Waals surface area contributed by atoms with E-state index in [1.165, 1.54) is 25.7 Å². The molecule has 104 valence electrons. The number of ketones is 1. The van der Waals surface area contributed by atoms with Gasteiger partial charge in [0.1, 0.15) is 0 Å². The fourth-order valence-electron chi connectivity index (χ4n) is 4.31. The van der Waals surface area contributed by atoms with Gasteiger partial charge in [-0.2, -0.15) is 0 Å². The molecule has 0 N–H and O–H groups in total. The predicted octanol–water partition coefficient (Wildman–Crippen LogP) is 3.43. The van der Waals surface area contributed by atoms with Crippen LogP contribution in [0.5, 0.6) is 0 Å². The number of nitrogens with zero attached hydrogens (tertiary/aromatic N) is 2. The molecule has 2 aliphatic rings. The number of carbonyl (C=O) groups excluding carboxylic acids is 1. The number of carbonyl (C=O) groups is 1. The SMILES string of the molecule is O=C(CC1CC2CCC1C2)Cn1cnc2ccccc21. The van der Waals surface area contributed by atoms with Crippen LogP contribution in [0, 0.1) is 17.8 Å². The van der Waals surface area contributed by atoms with Gasteiger partial charge in [-0.15, -0.1) is 0 Å². The highest BCUT2D eigenvalue weighted by Gasteiger charge is 2.39. The normalized spacial score (nSPS) is 28.3. The maximum absolute atomic E-state index is 12.3. The van der Waals surface area contributed by atoms with Crippen LogP contribution in [0.2, 0.25) is 0 Å². The molecule has 2 aromatic rings. The minimum Gasteiger partial charge on any atom is -0.323 e. The van der Waals surface area contributed by atoms with Gasteiger partial charge in [0.2, 0.25) is 0 Å². The van der Waals surface area contributed by atoms with Crippen molar-refractivity contribution in [2.75, 3.05) is 0 Å². The van der Waals surface area contributed by atoms with Crippen molar-refractivity contribution in [2.45, 2.75) is 38.6 Å². The zero-order chi connectivity index (χ0) is 13.5. The fraction of sp³-hybridized carbons (Fsp3) is 0.529. The summed E-state index contributed by atoms with van der Waals surface area (Å²) in [6.45, 7) is 0.481. The zero-order valence-corrected chi connectivity index (χ0v) is 11.7. The Kier molecular flexibility index (Phi) is 2.86. The maximum Gasteiger partial charge on any atom is 0.152 e. The van der Waals surface area contributed by atoms with E-state index in [2.05, 4.69) is 4.98 Å². The summed E-state index contributed by atoms with van der Waals surface area (Å²) >= 11 is 0. The van der Waals surface area contributed by atoms with Crippen LogP contribution in [0.3, 0.4) is 0 Å². The van der Waals surface area contributed by atoms with Crippen LogP contribution < -0.4 is 0 Å². The van der Waals surface area contributed by atoms with Crippen LogP contribution in [-0.4, -0.2) is 15.3 Å². The van der Waals surface area contributed by atoms with Gasteiger partial charge in [0.15, 0.2) is 5.78 Å². The number of benzene rings is 1.